The number of nitrogens with two attached hydrogens (primary N) is 1. The fourth-order valence-corrected chi connectivity index (χ4v) is 4.46. The standard InChI is InChI=1S/C20H24N4O4S2/c1-13-10-15(30(21,26)27)11-17(14(13)2)22-19(25)12-29-20-23-16-6-4-5-7-18(16)24(20)8-9-28-3/h4-7,10-11H,8-9,12H2,1-3H3,(H,22,25)(H2,21,26,27). The van der Waals surface area contributed by atoms with E-state index in [1.165, 1.54) is 23.9 Å². The first-order chi connectivity index (χ1) is 14.2. The highest BCUT2D eigenvalue weighted by molar-refractivity contribution is 7.99. The summed E-state index contributed by atoms with van der Waals surface area (Å²) in [5.74, 6) is -0.145. The summed E-state index contributed by atoms with van der Waals surface area (Å²) in [4.78, 5) is 17.2. The van der Waals surface area contributed by atoms with Crippen molar-refractivity contribution >= 4 is 44.4 Å². The Bertz CT molecular complexity index is 1190. The number of benzene rings is 2. The van der Waals surface area contributed by atoms with Gasteiger partial charge in [-0.1, -0.05) is 23.9 Å². The first-order valence-corrected chi connectivity index (χ1v) is 11.7. The van der Waals surface area contributed by atoms with Gasteiger partial charge in [0.05, 0.1) is 28.3 Å². The zero-order chi connectivity index (χ0) is 21.9. The van der Waals surface area contributed by atoms with Gasteiger partial charge in [0.25, 0.3) is 0 Å². The smallest absolute Gasteiger partial charge is 0.238 e. The largest absolute Gasteiger partial charge is 0.383 e. The zero-order valence-electron chi connectivity index (χ0n) is 17.0. The topological polar surface area (TPSA) is 116 Å². The molecule has 8 nitrogen and oxygen atoms in total. The number of nitrogens with zero attached hydrogens (tertiary/aromatic N) is 2. The molecule has 0 aliphatic heterocycles. The molecule has 160 valence electrons. The molecular formula is C20H24N4O4S2. The second-order valence-corrected chi connectivity index (χ2v) is 9.33. The van der Waals surface area contributed by atoms with Crippen LogP contribution in [0, 0.1) is 13.8 Å². The van der Waals surface area contributed by atoms with Gasteiger partial charge in [-0.15, -0.1) is 0 Å². The monoisotopic (exact) mass is 448 g/mol. The van der Waals surface area contributed by atoms with Crippen LogP contribution in [-0.4, -0.2) is 43.3 Å². The predicted molar refractivity (Wildman–Crippen MR) is 118 cm³/mol. The third-order valence-corrected chi connectivity index (χ3v) is 6.58. The summed E-state index contributed by atoms with van der Waals surface area (Å²) in [7, 11) is -2.23. The number of hydrogen-bond acceptors (Lipinski definition) is 6. The number of nitrogens with one attached hydrogen (secondary N) is 1. The molecule has 1 amide bonds. The number of primary sulfonamides is 1. The van der Waals surface area contributed by atoms with E-state index in [0.29, 0.717) is 18.8 Å². The number of hydrogen-bond donors (Lipinski definition) is 2. The lowest BCUT2D eigenvalue weighted by atomic mass is 10.1. The Morgan fingerprint density at radius 3 is 2.70 bits per heavy atom. The van der Waals surface area contributed by atoms with Gasteiger partial charge in [0, 0.05) is 19.3 Å². The van der Waals surface area contributed by atoms with Gasteiger partial charge in [-0.2, -0.15) is 0 Å². The number of carbonyl (C=O) groups excluding carboxylic acids is 1. The Labute approximate surface area is 179 Å². The average molecular weight is 449 g/mol. The number of carbonyl (C=O) groups is 1. The van der Waals surface area contributed by atoms with Crippen LogP contribution < -0.4 is 10.5 Å². The lowest BCUT2D eigenvalue weighted by molar-refractivity contribution is -0.113. The Balaban J connectivity index is 1.78. The van der Waals surface area contributed by atoms with Crippen molar-refractivity contribution in [3.8, 4) is 0 Å². The maximum atomic E-state index is 12.6. The molecule has 0 bridgehead atoms. The van der Waals surface area contributed by atoms with E-state index in [1.54, 1.807) is 14.0 Å². The number of ether oxygens (including phenoxy) is 1. The molecule has 0 aliphatic rings. The molecule has 0 saturated heterocycles. The Kier molecular flexibility index (Phi) is 6.81. The highest BCUT2D eigenvalue weighted by atomic mass is 32.2. The number of fused-ring (bicyclic) bond motifs is 1. The second kappa shape index (κ2) is 9.17. The van der Waals surface area contributed by atoms with Crippen molar-refractivity contribution in [3.05, 3.63) is 47.5 Å². The number of amides is 1. The van der Waals surface area contributed by atoms with Crippen LogP contribution >= 0.6 is 11.8 Å². The summed E-state index contributed by atoms with van der Waals surface area (Å²) >= 11 is 1.31. The van der Waals surface area contributed by atoms with Gasteiger partial charge in [0.2, 0.25) is 15.9 Å². The number of anilines is 1. The third-order valence-electron chi connectivity index (χ3n) is 4.71. The minimum atomic E-state index is -3.87. The minimum absolute atomic E-state index is 0.0325. The Hall–Kier alpha value is -2.40. The summed E-state index contributed by atoms with van der Waals surface area (Å²) in [5.41, 5.74) is 3.77. The van der Waals surface area contributed by atoms with E-state index in [9.17, 15) is 13.2 Å². The van der Waals surface area contributed by atoms with E-state index in [4.69, 9.17) is 9.88 Å². The summed E-state index contributed by atoms with van der Waals surface area (Å²) in [6, 6.07) is 10.6. The number of imidazole rings is 1. The van der Waals surface area contributed by atoms with E-state index in [0.717, 1.165) is 27.3 Å². The molecule has 0 saturated carbocycles. The van der Waals surface area contributed by atoms with Crippen LogP contribution in [0.25, 0.3) is 11.0 Å². The normalized spacial score (nSPS) is 11.7. The molecule has 30 heavy (non-hydrogen) atoms. The molecule has 0 aliphatic carbocycles. The Morgan fingerprint density at radius 1 is 1.27 bits per heavy atom. The van der Waals surface area contributed by atoms with Gasteiger partial charge < -0.3 is 14.6 Å². The molecule has 3 aromatic rings. The van der Waals surface area contributed by atoms with Crippen LogP contribution in [-0.2, 0) is 26.1 Å². The first kappa shape index (κ1) is 22.3. The van der Waals surface area contributed by atoms with Crippen molar-refractivity contribution in [1.82, 2.24) is 9.55 Å². The van der Waals surface area contributed by atoms with Crippen molar-refractivity contribution in [1.29, 1.82) is 0 Å². The van der Waals surface area contributed by atoms with E-state index in [2.05, 4.69) is 10.3 Å². The molecular weight excluding hydrogens is 424 g/mol. The molecule has 0 unspecified atom stereocenters. The molecule has 3 rings (SSSR count). The number of para-hydroxylation sites is 2. The SMILES string of the molecule is COCCn1c(SCC(=O)Nc2cc(S(N)(=O)=O)cc(C)c2C)nc2ccccc21. The van der Waals surface area contributed by atoms with E-state index in [-0.39, 0.29) is 16.6 Å². The molecule has 10 heteroatoms. The summed E-state index contributed by atoms with van der Waals surface area (Å²) in [6.07, 6.45) is 0. The van der Waals surface area contributed by atoms with E-state index < -0.39 is 10.0 Å². The number of methoxy groups -OCH3 is 1. The van der Waals surface area contributed by atoms with Gasteiger partial charge >= 0.3 is 0 Å². The number of rotatable bonds is 8. The fraction of sp³-hybridized carbons (Fsp3) is 0.300. The predicted octanol–water partition coefficient (Wildman–Crippen LogP) is 2.68. The molecule has 0 fully saturated rings. The number of thioether (sulfide) groups is 1. The molecule has 3 N–H and O–H groups in total. The van der Waals surface area contributed by atoms with Crippen LogP contribution in [0.3, 0.4) is 0 Å². The van der Waals surface area contributed by atoms with Gasteiger partial charge in [-0.25, -0.2) is 18.5 Å². The number of aromatic nitrogens is 2. The van der Waals surface area contributed by atoms with Gasteiger partial charge in [-0.05, 0) is 49.2 Å². The number of aryl methyl sites for hydroxylation is 1. The van der Waals surface area contributed by atoms with Crippen LogP contribution in [0.5, 0.6) is 0 Å². The van der Waals surface area contributed by atoms with Crippen molar-refractivity contribution in [2.75, 3.05) is 24.8 Å². The van der Waals surface area contributed by atoms with Crippen molar-refractivity contribution in [2.24, 2.45) is 5.14 Å². The van der Waals surface area contributed by atoms with Gasteiger partial charge in [0.15, 0.2) is 5.16 Å². The van der Waals surface area contributed by atoms with Gasteiger partial charge in [-0.3, -0.25) is 4.79 Å². The lowest BCUT2D eigenvalue weighted by Crippen LogP contribution is -2.18. The number of sulfonamides is 1. The van der Waals surface area contributed by atoms with E-state index >= 15 is 0 Å². The second-order valence-electron chi connectivity index (χ2n) is 6.82. The summed E-state index contributed by atoms with van der Waals surface area (Å²) in [6.45, 7) is 4.73. The van der Waals surface area contributed by atoms with Crippen LogP contribution in [0.15, 0.2) is 46.5 Å². The van der Waals surface area contributed by atoms with Crippen molar-refractivity contribution < 1.29 is 17.9 Å². The fourth-order valence-electron chi connectivity index (χ4n) is 3.00. The quantitative estimate of drug-likeness (QED) is 0.512. The van der Waals surface area contributed by atoms with Crippen molar-refractivity contribution in [3.63, 3.8) is 0 Å². The van der Waals surface area contributed by atoms with E-state index in [1.807, 2.05) is 35.8 Å². The molecule has 1 heterocycles. The summed E-state index contributed by atoms with van der Waals surface area (Å²) < 4.78 is 30.6. The molecule has 0 atom stereocenters. The molecule has 2 aromatic carbocycles. The van der Waals surface area contributed by atoms with Crippen LogP contribution in [0.1, 0.15) is 11.1 Å². The van der Waals surface area contributed by atoms with Gasteiger partial charge in [0.1, 0.15) is 0 Å². The maximum Gasteiger partial charge on any atom is 0.238 e. The lowest BCUT2D eigenvalue weighted by Gasteiger charge is -2.13. The minimum Gasteiger partial charge on any atom is -0.383 e. The third kappa shape index (κ3) is 5.01. The molecule has 0 radical (unpaired) electrons. The Morgan fingerprint density at radius 2 is 2.00 bits per heavy atom. The summed E-state index contributed by atoms with van der Waals surface area (Å²) in [5, 5.41) is 8.74. The molecule has 0 spiro atoms. The maximum absolute atomic E-state index is 12.6. The van der Waals surface area contributed by atoms with Crippen LogP contribution in [0.2, 0.25) is 0 Å². The van der Waals surface area contributed by atoms with Crippen LogP contribution in [0.4, 0.5) is 5.69 Å². The first-order valence-electron chi connectivity index (χ1n) is 9.21. The highest BCUT2D eigenvalue weighted by Gasteiger charge is 2.16. The highest BCUT2D eigenvalue weighted by Crippen LogP contribution is 2.26. The average Bonchev–Trinajstić information content (AvgIpc) is 3.04. The van der Waals surface area contributed by atoms with Crippen molar-refractivity contribution in [2.45, 2.75) is 30.4 Å². The molecule has 1 aromatic heterocycles. The zero-order valence-corrected chi connectivity index (χ0v) is 18.6.